The molecule has 2 fully saturated rings. The van der Waals surface area contributed by atoms with Crippen LogP contribution in [0.2, 0.25) is 0 Å². The Morgan fingerprint density at radius 2 is 1.28 bits per heavy atom. The van der Waals surface area contributed by atoms with Gasteiger partial charge in [-0.3, -0.25) is 0 Å². The van der Waals surface area contributed by atoms with Crippen LogP contribution in [0.1, 0.15) is 84.5 Å². The number of hydrogen-bond donors (Lipinski definition) is 0. The largest absolute Gasteiger partial charge is 0.490 e. The normalized spacial score (nSPS) is 27.6. The van der Waals surface area contributed by atoms with Gasteiger partial charge >= 0.3 is 0 Å². The summed E-state index contributed by atoms with van der Waals surface area (Å²) in [6.45, 7) is 5.22. The van der Waals surface area contributed by atoms with Crippen LogP contribution >= 0.6 is 0 Å². The van der Waals surface area contributed by atoms with Gasteiger partial charge in [0, 0.05) is 0 Å². The molecule has 0 N–H and O–H groups in total. The Labute approximate surface area is 175 Å². The van der Waals surface area contributed by atoms with Crippen molar-refractivity contribution in [1.82, 2.24) is 0 Å². The van der Waals surface area contributed by atoms with Crippen molar-refractivity contribution in [3.05, 3.63) is 23.8 Å². The number of hydrogen-bond acceptors (Lipinski definition) is 2. The van der Waals surface area contributed by atoms with Crippen molar-refractivity contribution in [2.24, 2.45) is 23.7 Å². The molecule has 0 heterocycles. The fourth-order valence-corrected chi connectivity index (χ4v) is 5.17. The van der Waals surface area contributed by atoms with Crippen LogP contribution in [-0.2, 0) is 0 Å². The van der Waals surface area contributed by atoms with Gasteiger partial charge in [0.25, 0.3) is 0 Å². The van der Waals surface area contributed by atoms with Crippen molar-refractivity contribution in [2.75, 3.05) is 13.2 Å². The Morgan fingerprint density at radius 3 is 1.79 bits per heavy atom. The lowest BCUT2D eigenvalue weighted by atomic mass is 9.69. The molecule has 0 saturated heterocycles. The monoisotopic (exact) mass is 408 g/mol. The van der Waals surface area contributed by atoms with E-state index in [1.165, 1.54) is 57.1 Å². The van der Waals surface area contributed by atoms with E-state index in [0.717, 1.165) is 43.4 Å². The third-order valence-electron chi connectivity index (χ3n) is 7.27. The van der Waals surface area contributed by atoms with Crippen LogP contribution < -0.4 is 9.47 Å². The van der Waals surface area contributed by atoms with Gasteiger partial charge in [-0.05, 0) is 80.8 Å². The molecule has 4 heteroatoms. The van der Waals surface area contributed by atoms with Crippen molar-refractivity contribution in [3.8, 4) is 11.5 Å². The van der Waals surface area contributed by atoms with Gasteiger partial charge in [0.05, 0.1) is 13.2 Å². The van der Waals surface area contributed by atoms with Gasteiger partial charge in [-0.25, -0.2) is 0 Å². The first kappa shape index (κ1) is 22.4. The summed E-state index contributed by atoms with van der Waals surface area (Å²) in [6, 6.07) is 2.98. The summed E-state index contributed by atoms with van der Waals surface area (Å²) in [5.41, 5.74) is 0. The molecular weight excluding hydrogens is 370 g/mol. The van der Waals surface area contributed by atoms with E-state index < -0.39 is 11.6 Å². The van der Waals surface area contributed by atoms with Crippen LogP contribution in [0.3, 0.4) is 0 Å². The van der Waals surface area contributed by atoms with E-state index in [1.807, 2.05) is 6.92 Å². The highest BCUT2D eigenvalue weighted by Crippen LogP contribution is 2.42. The predicted octanol–water partition coefficient (Wildman–Crippen LogP) is 7.55. The summed E-state index contributed by atoms with van der Waals surface area (Å²) in [7, 11) is 0. The van der Waals surface area contributed by atoms with Crippen molar-refractivity contribution >= 4 is 0 Å². The first-order chi connectivity index (χ1) is 14.1. The van der Waals surface area contributed by atoms with Gasteiger partial charge in [-0.2, -0.15) is 8.78 Å². The quantitative estimate of drug-likeness (QED) is 0.393. The second kappa shape index (κ2) is 11.2. The summed E-state index contributed by atoms with van der Waals surface area (Å²) < 4.78 is 39.5. The molecule has 0 unspecified atom stereocenters. The summed E-state index contributed by atoms with van der Waals surface area (Å²) in [4.78, 5) is 0. The molecular formula is C25H38F2O2. The zero-order valence-corrected chi connectivity index (χ0v) is 18.2. The maximum Gasteiger partial charge on any atom is 0.204 e. The molecule has 2 saturated carbocycles. The first-order valence-corrected chi connectivity index (χ1v) is 11.9. The van der Waals surface area contributed by atoms with Gasteiger partial charge in [0.2, 0.25) is 11.6 Å². The number of rotatable bonds is 9. The molecule has 0 atom stereocenters. The lowest BCUT2D eigenvalue weighted by Gasteiger charge is -2.37. The minimum absolute atomic E-state index is 0.00496. The predicted molar refractivity (Wildman–Crippen MR) is 113 cm³/mol. The summed E-state index contributed by atoms with van der Waals surface area (Å²) in [5, 5.41) is 0. The van der Waals surface area contributed by atoms with Crippen LogP contribution in [0.25, 0.3) is 0 Å². The maximum atomic E-state index is 14.3. The van der Waals surface area contributed by atoms with Crippen molar-refractivity contribution in [2.45, 2.75) is 84.5 Å². The van der Waals surface area contributed by atoms with Gasteiger partial charge in [0.15, 0.2) is 11.5 Å². The fourth-order valence-electron chi connectivity index (χ4n) is 5.17. The SMILES string of the molecule is CCCCOc1ccc(OCC2CCC(C3CCC(CC)CC3)CC2)c(F)c1F. The Kier molecular flexibility index (Phi) is 8.62. The molecule has 0 aromatic heterocycles. The summed E-state index contributed by atoms with van der Waals surface area (Å²) in [6.07, 6.45) is 13.5. The van der Waals surface area contributed by atoms with E-state index >= 15 is 0 Å². The van der Waals surface area contributed by atoms with Gasteiger partial charge in [-0.15, -0.1) is 0 Å². The molecule has 164 valence electrons. The van der Waals surface area contributed by atoms with Crippen molar-refractivity contribution in [1.29, 1.82) is 0 Å². The number of unbranched alkanes of at least 4 members (excludes halogenated alkanes) is 1. The van der Waals surface area contributed by atoms with Gasteiger partial charge < -0.3 is 9.47 Å². The van der Waals surface area contributed by atoms with E-state index in [9.17, 15) is 8.78 Å². The lowest BCUT2D eigenvalue weighted by Crippen LogP contribution is -2.27. The Balaban J connectivity index is 1.43. The highest BCUT2D eigenvalue weighted by atomic mass is 19.2. The van der Waals surface area contributed by atoms with Crippen molar-refractivity contribution in [3.63, 3.8) is 0 Å². The third kappa shape index (κ3) is 6.08. The summed E-state index contributed by atoms with van der Waals surface area (Å²) in [5.74, 6) is 1.28. The Bertz CT molecular complexity index is 617. The number of benzene rings is 1. The van der Waals surface area contributed by atoms with E-state index in [0.29, 0.717) is 19.1 Å². The zero-order valence-electron chi connectivity index (χ0n) is 18.2. The molecule has 3 rings (SSSR count). The smallest absolute Gasteiger partial charge is 0.204 e. The Hall–Kier alpha value is -1.32. The van der Waals surface area contributed by atoms with Gasteiger partial charge in [0.1, 0.15) is 0 Å². The molecule has 0 spiro atoms. The standard InChI is InChI=1S/C25H38F2O2/c1-3-5-16-28-22-14-15-23(25(27)24(22)26)29-17-19-8-12-21(13-9-19)20-10-6-18(4-2)7-11-20/h14-15,18-21H,3-13,16-17H2,1-2H3. The molecule has 2 aliphatic rings. The molecule has 0 amide bonds. The molecule has 29 heavy (non-hydrogen) atoms. The molecule has 2 aliphatic carbocycles. The number of ether oxygens (including phenoxy) is 2. The molecule has 2 nitrogen and oxygen atoms in total. The topological polar surface area (TPSA) is 18.5 Å². The average molecular weight is 409 g/mol. The summed E-state index contributed by atoms with van der Waals surface area (Å²) >= 11 is 0. The van der Waals surface area contributed by atoms with Gasteiger partial charge in [-0.1, -0.05) is 39.5 Å². The van der Waals surface area contributed by atoms with Crippen LogP contribution in [0, 0.1) is 35.3 Å². The minimum Gasteiger partial charge on any atom is -0.490 e. The highest BCUT2D eigenvalue weighted by Gasteiger charge is 2.30. The minimum atomic E-state index is -0.940. The van der Waals surface area contributed by atoms with Crippen molar-refractivity contribution < 1.29 is 18.3 Å². The molecule has 1 aromatic carbocycles. The van der Waals surface area contributed by atoms with Crippen LogP contribution in [0.4, 0.5) is 8.78 Å². The number of halogens is 2. The highest BCUT2D eigenvalue weighted by molar-refractivity contribution is 5.35. The first-order valence-electron chi connectivity index (χ1n) is 11.9. The average Bonchev–Trinajstić information content (AvgIpc) is 2.77. The van der Waals surface area contributed by atoms with Crippen LogP contribution in [-0.4, -0.2) is 13.2 Å². The van der Waals surface area contributed by atoms with E-state index in [-0.39, 0.29) is 11.5 Å². The van der Waals surface area contributed by atoms with E-state index in [1.54, 1.807) is 0 Å². The second-order valence-corrected chi connectivity index (χ2v) is 9.17. The van der Waals surface area contributed by atoms with E-state index in [2.05, 4.69) is 6.92 Å². The van der Waals surface area contributed by atoms with Crippen LogP contribution in [0.5, 0.6) is 11.5 Å². The molecule has 0 radical (unpaired) electrons. The second-order valence-electron chi connectivity index (χ2n) is 9.17. The molecule has 0 aliphatic heterocycles. The lowest BCUT2D eigenvalue weighted by molar-refractivity contribution is 0.121. The fraction of sp³-hybridized carbons (Fsp3) is 0.760. The molecule has 0 bridgehead atoms. The maximum absolute atomic E-state index is 14.3. The molecule has 1 aromatic rings. The zero-order chi connectivity index (χ0) is 20.6. The third-order valence-corrected chi connectivity index (χ3v) is 7.27. The van der Waals surface area contributed by atoms with E-state index in [4.69, 9.17) is 9.47 Å². The Morgan fingerprint density at radius 1 is 0.759 bits per heavy atom. The van der Waals surface area contributed by atoms with Crippen LogP contribution in [0.15, 0.2) is 12.1 Å².